The summed E-state index contributed by atoms with van der Waals surface area (Å²) < 4.78 is 42.4. The highest BCUT2D eigenvalue weighted by molar-refractivity contribution is 7.81. The van der Waals surface area contributed by atoms with E-state index in [4.69, 9.17) is 12.2 Å². The Bertz CT molecular complexity index is 1050. The van der Waals surface area contributed by atoms with Gasteiger partial charge in [-0.25, -0.2) is 4.98 Å². The Morgan fingerprint density at radius 2 is 1.89 bits per heavy atom. The second kappa shape index (κ2) is 11.8. The summed E-state index contributed by atoms with van der Waals surface area (Å²) in [5.41, 5.74) is -2.18. The van der Waals surface area contributed by atoms with E-state index in [-0.39, 0.29) is 22.4 Å². The average Bonchev–Trinajstić information content (AvgIpc) is 3.20. The summed E-state index contributed by atoms with van der Waals surface area (Å²) in [4.78, 5) is 35.7. The minimum Gasteiger partial charge on any atom is -0.391 e. The molecule has 1 fully saturated rings. The highest BCUT2D eigenvalue weighted by atomic mass is 32.1. The highest BCUT2D eigenvalue weighted by Crippen LogP contribution is 2.35. The molecular formula is C25H36F3N5O3S. The summed E-state index contributed by atoms with van der Waals surface area (Å²) >= 11 is 5.45. The number of hydrogen-bond donors (Lipinski definition) is 3. The number of carbonyl (C=O) groups excluding carboxylic acids is 2. The van der Waals surface area contributed by atoms with E-state index < -0.39 is 52.8 Å². The van der Waals surface area contributed by atoms with Gasteiger partial charge < -0.3 is 20.6 Å². The lowest BCUT2D eigenvalue weighted by Gasteiger charge is -2.27. The molecule has 1 aromatic heterocycles. The molecule has 0 aliphatic carbocycles. The number of thiocarbonyl (C=S) groups is 1. The lowest BCUT2D eigenvalue weighted by Crippen LogP contribution is -2.46. The van der Waals surface area contributed by atoms with Gasteiger partial charge in [-0.3, -0.25) is 14.6 Å². The molecule has 2 amide bonds. The van der Waals surface area contributed by atoms with Gasteiger partial charge in [-0.15, -0.1) is 0 Å². The van der Waals surface area contributed by atoms with E-state index in [0.717, 1.165) is 25.1 Å². The molecule has 0 saturated carbocycles. The summed E-state index contributed by atoms with van der Waals surface area (Å²) in [5, 5.41) is 15.1. The number of aliphatic imine (C=N–C) groups is 1. The molecule has 206 valence electrons. The number of nitrogens with zero attached hydrogens (tertiary/aromatic N) is 3. The second-order valence-electron chi connectivity index (χ2n) is 10.5. The molecule has 4 atom stereocenters. The van der Waals surface area contributed by atoms with E-state index in [0.29, 0.717) is 6.54 Å². The Hall–Kier alpha value is -2.60. The van der Waals surface area contributed by atoms with Crippen molar-refractivity contribution in [2.24, 2.45) is 4.99 Å². The Kier molecular flexibility index (Phi) is 9.81. The van der Waals surface area contributed by atoms with E-state index >= 15 is 0 Å². The molecule has 2 rings (SSSR count). The van der Waals surface area contributed by atoms with Crippen molar-refractivity contribution in [1.82, 2.24) is 15.2 Å². The molecule has 1 aliphatic heterocycles. The molecule has 0 bridgehead atoms. The molecule has 12 heteroatoms. The predicted octanol–water partition coefficient (Wildman–Crippen LogP) is 3.75. The first-order chi connectivity index (χ1) is 16.9. The standard InChI is InChI=1S/C25H36F3N5O3S/c1-13-9-8-10-33(13)23(36)20(30-15(3)22(35)31-14(2)16(4)34)21(37)17-12-29-19(32-24(5,6)7)11-18(17)25(26,27)28/h11-14,16,20,34H,8-10H2,1-7H3,(H,29,32)(H,31,35)/t13-,14+,16-,20?/m0/s1. The summed E-state index contributed by atoms with van der Waals surface area (Å²) in [5.74, 6) is -1.23. The fraction of sp³-hybridized carbons (Fsp3) is 0.640. The maximum atomic E-state index is 14.1. The first kappa shape index (κ1) is 30.6. The van der Waals surface area contributed by atoms with Crippen molar-refractivity contribution in [3.8, 4) is 0 Å². The molecule has 1 aromatic rings. The number of aromatic nitrogens is 1. The van der Waals surface area contributed by atoms with Gasteiger partial charge in [0.2, 0.25) is 0 Å². The van der Waals surface area contributed by atoms with Gasteiger partial charge >= 0.3 is 6.18 Å². The maximum Gasteiger partial charge on any atom is 0.417 e. The topological polar surface area (TPSA) is 107 Å². The molecule has 3 N–H and O–H groups in total. The number of anilines is 1. The molecule has 2 heterocycles. The molecule has 1 aliphatic rings. The van der Waals surface area contributed by atoms with E-state index in [1.54, 1.807) is 27.7 Å². The smallest absolute Gasteiger partial charge is 0.391 e. The molecule has 8 nitrogen and oxygen atoms in total. The summed E-state index contributed by atoms with van der Waals surface area (Å²) in [6.07, 6.45) is -3.16. The Labute approximate surface area is 221 Å². The molecular weight excluding hydrogens is 507 g/mol. The average molecular weight is 544 g/mol. The second-order valence-corrected chi connectivity index (χ2v) is 10.9. The third-order valence-electron chi connectivity index (χ3n) is 6.03. The highest BCUT2D eigenvalue weighted by Gasteiger charge is 2.40. The number of likely N-dealkylation sites (tertiary alicyclic amines) is 1. The van der Waals surface area contributed by atoms with E-state index in [2.05, 4.69) is 20.6 Å². The third kappa shape index (κ3) is 8.19. The Balaban J connectivity index is 2.56. The number of nitrogens with one attached hydrogen (secondary N) is 2. The molecule has 1 saturated heterocycles. The minimum atomic E-state index is -4.78. The van der Waals surface area contributed by atoms with E-state index in [9.17, 15) is 27.9 Å². The molecule has 0 radical (unpaired) electrons. The SMILES string of the molecule is CC(=NC(C(=O)N1CCC[C@@H]1C)C(=S)c1cnc(NC(C)(C)C)cc1C(F)(F)F)C(=O)N[C@H](C)[C@H](C)O. The van der Waals surface area contributed by atoms with Crippen molar-refractivity contribution in [2.45, 2.75) is 97.3 Å². The van der Waals surface area contributed by atoms with Crippen LogP contribution >= 0.6 is 12.2 Å². The van der Waals surface area contributed by atoms with Gasteiger partial charge in [0.05, 0.1) is 28.3 Å². The first-order valence-corrected chi connectivity index (χ1v) is 12.6. The van der Waals surface area contributed by atoms with Crippen molar-refractivity contribution >= 4 is 40.4 Å². The van der Waals surface area contributed by atoms with Crippen LogP contribution in [0.25, 0.3) is 0 Å². The van der Waals surface area contributed by atoms with E-state index in [1.165, 1.54) is 18.7 Å². The van der Waals surface area contributed by atoms with Crippen molar-refractivity contribution < 1.29 is 27.9 Å². The van der Waals surface area contributed by atoms with Gasteiger partial charge in [0.25, 0.3) is 11.8 Å². The zero-order valence-corrected chi connectivity index (χ0v) is 23.0. The largest absolute Gasteiger partial charge is 0.417 e. The number of aliphatic hydroxyl groups excluding tert-OH is 1. The van der Waals surface area contributed by atoms with Crippen LogP contribution in [-0.2, 0) is 15.8 Å². The number of amides is 2. The quantitative estimate of drug-likeness (QED) is 0.262. The molecule has 1 unspecified atom stereocenters. The van der Waals surface area contributed by atoms with Gasteiger partial charge in [0.15, 0.2) is 6.04 Å². The number of alkyl halides is 3. The van der Waals surface area contributed by atoms with Crippen molar-refractivity contribution in [1.29, 1.82) is 0 Å². The van der Waals surface area contributed by atoms with Crippen LogP contribution in [0.5, 0.6) is 0 Å². The number of halogens is 3. The lowest BCUT2D eigenvalue weighted by atomic mass is 10.00. The fourth-order valence-electron chi connectivity index (χ4n) is 3.81. The van der Waals surface area contributed by atoms with Crippen LogP contribution in [0.3, 0.4) is 0 Å². The number of rotatable bonds is 8. The van der Waals surface area contributed by atoms with Crippen LogP contribution in [0.15, 0.2) is 17.3 Å². The fourth-order valence-corrected chi connectivity index (χ4v) is 4.13. The van der Waals surface area contributed by atoms with Gasteiger partial charge in [0.1, 0.15) is 5.82 Å². The van der Waals surface area contributed by atoms with Gasteiger partial charge in [-0.1, -0.05) is 12.2 Å². The monoisotopic (exact) mass is 543 g/mol. The van der Waals surface area contributed by atoms with Crippen LogP contribution in [-0.4, -0.2) is 73.7 Å². The summed E-state index contributed by atoms with van der Waals surface area (Å²) in [6, 6.07) is -1.43. The number of aliphatic hydroxyl groups is 1. The molecule has 37 heavy (non-hydrogen) atoms. The van der Waals surface area contributed by atoms with Crippen LogP contribution in [0.2, 0.25) is 0 Å². The van der Waals surface area contributed by atoms with Crippen molar-refractivity contribution in [3.63, 3.8) is 0 Å². The molecule has 0 spiro atoms. The number of hydrogen-bond acceptors (Lipinski definition) is 7. The van der Waals surface area contributed by atoms with Gasteiger partial charge in [0, 0.05) is 29.9 Å². The van der Waals surface area contributed by atoms with E-state index in [1.807, 2.05) is 6.92 Å². The van der Waals surface area contributed by atoms with Crippen molar-refractivity contribution in [2.75, 3.05) is 11.9 Å². The lowest BCUT2D eigenvalue weighted by molar-refractivity contribution is -0.138. The van der Waals surface area contributed by atoms with Crippen LogP contribution in [0.1, 0.15) is 72.4 Å². The number of pyridine rings is 1. The minimum absolute atomic E-state index is 0.00795. The van der Waals surface area contributed by atoms with Crippen LogP contribution in [0, 0.1) is 0 Å². The van der Waals surface area contributed by atoms with Crippen molar-refractivity contribution in [3.05, 3.63) is 23.4 Å². The van der Waals surface area contributed by atoms with Gasteiger partial charge in [-0.05, 0) is 67.4 Å². The Morgan fingerprint density at radius 1 is 1.27 bits per heavy atom. The Morgan fingerprint density at radius 3 is 2.38 bits per heavy atom. The zero-order valence-electron chi connectivity index (χ0n) is 22.2. The van der Waals surface area contributed by atoms with Gasteiger partial charge in [-0.2, -0.15) is 13.2 Å². The van der Waals surface area contributed by atoms with Crippen LogP contribution in [0.4, 0.5) is 19.0 Å². The number of carbonyl (C=O) groups is 2. The maximum absolute atomic E-state index is 14.1. The normalized spacial score (nSPS) is 19.3. The summed E-state index contributed by atoms with van der Waals surface area (Å²) in [6.45, 7) is 12.0. The summed E-state index contributed by atoms with van der Waals surface area (Å²) in [7, 11) is 0. The predicted molar refractivity (Wildman–Crippen MR) is 141 cm³/mol. The first-order valence-electron chi connectivity index (χ1n) is 12.2. The third-order valence-corrected chi connectivity index (χ3v) is 6.47. The molecule has 0 aromatic carbocycles. The van der Waals surface area contributed by atoms with Crippen LogP contribution < -0.4 is 10.6 Å². The zero-order chi connectivity index (χ0) is 28.3.